The molecule has 1 saturated carbocycles. The predicted molar refractivity (Wildman–Crippen MR) is 138 cm³/mol. The van der Waals surface area contributed by atoms with Crippen molar-refractivity contribution >= 4 is 28.9 Å². The van der Waals surface area contributed by atoms with Crippen LogP contribution in [0, 0.1) is 0 Å². The zero-order valence-electron chi connectivity index (χ0n) is 19.8. The number of nitrogens with one attached hydrogen (secondary N) is 2. The second-order valence-electron chi connectivity index (χ2n) is 9.41. The zero-order chi connectivity index (χ0) is 23.8. The number of anilines is 3. The fourth-order valence-corrected chi connectivity index (χ4v) is 4.43. The van der Waals surface area contributed by atoms with Gasteiger partial charge in [-0.3, -0.25) is 4.79 Å². The number of carbonyl (C=O) groups excluding carboxylic acids is 1. The smallest absolute Gasteiger partial charge is 0.251 e. The highest BCUT2D eigenvalue weighted by molar-refractivity contribution is 5.95. The summed E-state index contributed by atoms with van der Waals surface area (Å²) in [6, 6.07) is 20.5. The molecule has 0 atom stereocenters. The largest absolute Gasteiger partial charge is 0.369 e. The fourth-order valence-electron chi connectivity index (χ4n) is 4.43. The van der Waals surface area contributed by atoms with E-state index in [1.807, 2.05) is 36.5 Å². The van der Waals surface area contributed by atoms with E-state index >= 15 is 0 Å². The highest BCUT2D eigenvalue weighted by Gasteiger charge is 2.23. The van der Waals surface area contributed by atoms with Crippen LogP contribution in [0.3, 0.4) is 0 Å². The first-order valence-corrected chi connectivity index (χ1v) is 12.2. The average molecular weight is 468 g/mol. The predicted octanol–water partition coefficient (Wildman–Crippen LogP) is 3.78. The minimum absolute atomic E-state index is 0.0202. The molecule has 0 bridgehead atoms. The first-order chi connectivity index (χ1) is 17.1. The number of fused-ring (bicyclic) bond motifs is 1. The Labute approximate surface area is 204 Å². The van der Waals surface area contributed by atoms with Crippen LogP contribution in [0.2, 0.25) is 0 Å². The third-order valence-electron chi connectivity index (χ3n) is 6.72. The van der Waals surface area contributed by atoms with Gasteiger partial charge in [-0.15, -0.1) is 5.10 Å². The summed E-state index contributed by atoms with van der Waals surface area (Å²) in [4.78, 5) is 21.8. The molecule has 0 spiro atoms. The maximum absolute atomic E-state index is 12.2. The lowest BCUT2D eigenvalue weighted by molar-refractivity contribution is 0.0951. The van der Waals surface area contributed by atoms with Gasteiger partial charge in [-0.25, -0.2) is 4.52 Å². The molecule has 6 rings (SSSR count). The minimum Gasteiger partial charge on any atom is -0.369 e. The van der Waals surface area contributed by atoms with Gasteiger partial charge in [-0.05, 0) is 74.0 Å². The molecule has 0 radical (unpaired) electrons. The number of pyridine rings is 1. The summed E-state index contributed by atoms with van der Waals surface area (Å²) < 4.78 is 1.80. The number of rotatable bonds is 6. The Bertz CT molecular complexity index is 1330. The Morgan fingerprint density at radius 1 is 0.943 bits per heavy atom. The molecular formula is C27H29N7O. The van der Waals surface area contributed by atoms with Gasteiger partial charge in [0.15, 0.2) is 5.65 Å². The van der Waals surface area contributed by atoms with Crippen molar-refractivity contribution in [2.45, 2.75) is 18.9 Å². The van der Waals surface area contributed by atoms with E-state index in [0.717, 1.165) is 61.5 Å². The first kappa shape index (κ1) is 21.6. The molecule has 1 saturated heterocycles. The van der Waals surface area contributed by atoms with Crippen LogP contribution < -0.4 is 15.5 Å². The number of benzene rings is 2. The summed E-state index contributed by atoms with van der Waals surface area (Å²) in [5.41, 5.74) is 5.69. The Balaban J connectivity index is 1.19. The normalized spacial score (nSPS) is 16.4. The molecule has 2 fully saturated rings. The second-order valence-corrected chi connectivity index (χ2v) is 9.41. The molecule has 2 aliphatic rings. The molecule has 1 aliphatic carbocycles. The minimum atomic E-state index is -0.0202. The molecule has 0 unspecified atom stereocenters. The molecule has 8 heteroatoms. The van der Waals surface area contributed by atoms with E-state index in [1.54, 1.807) is 4.52 Å². The summed E-state index contributed by atoms with van der Waals surface area (Å²) in [6.45, 7) is 4.29. The number of piperazine rings is 1. The van der Waals surface area contributed by atoms with Crippen molar-refractivity contribution in [3.05, 3.63) is 72.4 Å². The van der Waals surface area contributed by atoms with E-state index in [-0.39, 0.29) is 5.91 Å². The standard InChI is InChI=1S/C27H29N7O/c1-32-15-17-33(18-16-32)23-12-6-19(7-13-23)24-3-2-14-34-25(24)30-27(31-34)29-22-8-4-20(5-9-22)26(35)28-21-10-11-21/h2-9,12-14,21H,10-11,15-18H2,1H3,(H,28,35)(H,29,31). The van der Waals surface area contributed by atoms with Crippen molar-refractivity contribution in [3.63, 3.8) is 0 Å². The molecule has 178 valence electrons. The van der Waals surface area contributed by atoms with Gasteiger partial charge in [-0.1, -0.05) is 12.1 Å². The SMILES string of the molecule is CN1CCN(c2ccc(-c3cccn4nc(Nc5ccc(C(=O)NC6CC6)cc5)nc34)cc2)CC1. The summed E-state index contributed by atoms with van der Waals surface area (Å²) in [7, 11) is 2.17. The van der Waals surface area contributed by atoms with Gasteiger partial charge >= 0.3 is 0 Å². The summed E-state index contributed by atoms with van der Waals surface area (Å²) in [5, 5.41) is 10.9. The molecule has 35 heavy (non-hydrogen) atoms. The van der Waals surface area contributed by atoms with Crippen molar-refractivity contribution in [1.29, 1.82) is 0 Å². The number of amides is 1. The number of carbonyl (C=O) groups is 1. The summed E-state index contributed by atoms with van der Waals surface area (Å²) >= 11 is 0. The van der Waals surface area contributed by atoms with Crippen LogP contribution in [-0.4, -0.2) is 64.7 Å². The molecule has 4 aromatic rings. The average Bonchev–Trinajstić information content (AvgIpc) is 3.60. The summed E-state index contributed by atoms with van der Waals surface area (Å²) in [6.07, 6.45) is 4.06. The van der Waals surface area contributed by atoms with E-state index in [4.69, 9.17) is 4.98 Å². The summed E-state index contributed by atoms with van der Waals surface area (Å²) in [5.74, 6) is 0.495. The maximum Gasteiger partial charge on any atom is 0.251 e. The number of hydrogen-bond acceptors (Lipinski definition) is 6. The monoisotopic (exact) mass is 467 g/mol. The van der Waals surface area contributed by atoms with Crippen molar-refractivity contribution in [2.24, 2.45) is 0 Å². The Morgan fingerprint density at radius 2 is 1.69 bits per heavy atom. The number of aromatic nitrogens is 3. The van der Waals surface area contributed by atoms with Crippen LogP contribution in [0.5, 0.6) is 0 Å². The van der Waals surface area contributed by atoms with Gasteiger partial charge in [-0.2, -0.15) is 4.98 Å². The van der Waals surface area contributed by atoms with Gasteiger partial charge in [0, 0.05) is 60.9 Å². The highest BCUT2D eigenvalue weighted by atomic mass is 16.1. The molecule has 1 aliphatic heterocycles. The number of hydrogen-bond donors (Lipinski definition) is 2. The van der Waals surface area contributed by atoms with Crippen LogP contribution in [0.15, 0.2) is 66.9 Å². The molecule has 8 nitrogen and oxygen atoms in total. The topological polar surface area (TPSA) is 77.8 Å². The second kappa shape index (κ2) is 9.03. The molecule has 1 amide bonds. The van der Waals surface area contributed by atoms with E-state index in [0.29, 0.717) is 17.6 Å². The van der Waals surface area contributed by atoms with Crippen LogP contribution >= 0.6 is 0 Å². The lowest BCUT2D eigenvalue weighted by Crippen LogP contribution is -2.44. The molecule has 3 heterocycles. The van der Waals surface area contributed by atoms with Crippen molar-refractivity contribution in [1.82, 2.24) is 24.8 Å². The molecule has 2 aromatic carbocycles. The van der Waals surface area contributed by atoms with E-state index in [1.165, 1.54) is 5.69 Å². The fraction of sp³-hybridized carbons (Fsp3) is 0.296. The van der Waals surface area contributed by atoms with Crippen LogP contribution in [0.4, 0.5) is 17.3 Å². The van der Waals surface area contributed by atoms with Crippen molar-refractivity contribution < 1.29 is 4.79 Å². The lowest BCUT2D eigenvalue weighted by atomic mass is 10.1. The Hall–Kier alpha value is -3.91. The number of nitrogens with zero attached hydrogens (tertiary/aromatic N) is 5. The van der Waals surface area contributed by atoms with Crippen LogP contribution in [-0.2, 0) is 0 Å². The van der Waals surface area contributed by atoms with Crippen LogP contribution in [0.1, 0.15) is 23.2 Å². The Morgan fingerprint density at radius 3 is 2.40 bits per heavy atom. The third-order valence-corrected chi connectivity index (χ3v) is 6.72. The highest BCUT2D eigenvalue weighted by Crippen LogP contribution is 2.28. The van der Waals surface area contributed by atoms with Gasteiger partial charge in [0.1, 0.15) is 0 Å². The Kier molecular flexibility index (Phi) is 5.58. The van der Waals surface area contributed by atoms with E-state index in [2.05, 4.69) is 62.9 Å². The number of likely N-dealkylation sites (N-methyl/N-ethyl adjacent to an activating group) is 1. The third kappa shape index (κ3) is 4.70. The van der Waals surface area contributed by atoms with Gasteiger partial charge in [0.25, 0.3) is 5.91 Å². The molecular weight excluding hydrogens is 438 g/mol. The van der Waals surface area contributed by atoms with E-state index in [9.17, 15) is 4.79 Å². The zero-order valence-corrected chi connectivity index (χ0v) is 19.8. The van der Waals surface area contributed by atoms with Crippen molar-refractivity contribution in [2.75, 3.05) is 43.4 Å². The van der Waals surface area contributed by atoms with Gasteiger partial charge < -0.3 is 20.4 Å². The molecule has 2 aromatic heterocycles. The van der Waals surface area contributed by atoms with Gasteiger partial charge in [0.05, 0.1) is 0 Å². The van der Waals surface area contributed by atoms with Crippen molar-refractivity contribution in [3.8, 4) is 11.1 Å². The maximum atomic E-state index is 12.2. The molecule has 2 N–H and O–H groups in total. The van der Waals surface area contributed by atoms with Gasteiger partial charge in [0.2, 0.25) is 5.95 Å². The quantitative estimate of drug-likeness (QED) is 0.449. The van der Waals surface area contributed by atoms with E-state index < -0.39 is 0 Å². The lowest BCUT2D eigenvalue weighted by Gasteiger charge is -2.34. The first-order valence-electron chi connectivity index (χ1n) is 12.2. The van der Waals surface area contributed by atoms with Crippen LogP contribution in [0.25, 0.3) is 16.8 Å².